The zero-order valence-corrected chi connectivity index (χ0v) is 16.4. The quantitative estimate of drug-likeness (QED) is 0.790. The number of aryl methyl sites for hydroxylation is 1. The fourth-order valence-corrected chi connectivity index (χ4v) is 3.05. The van der Waals surface area contributed by atoms with Crippen LogP contribution >= 0.6 is 11.6 Å². The molecular weight excluding hydrogens is 372 g/mol. The maximum absolute atomic E-state index is 12.4. The molecule has 2 rings (SSSR count). The number of likely N-dealkylation sites (N-methyl/N-ethyl adjacent to an activating group) is 1. The van der Waals surface area contributed by atoms with Crippen LogP contribution in [0.5, 0.6) is 0 Å². The first kappa shape index (κ1) is 20.2. The maximum atomic E-state index is 12.4. The van der Waals surface area contributed by atoms with Crippen LogP contribution in [0, 0.1) is 6.92 Å². The van der Waals surface area contributed by atoms with Crippen LogP contribution in [0.1, 0.15) is 29.7 Å². The van der Waals surface area contributed by atoms with Gasteiger partial charge in [0.15, 0.2) is 0 Å². The van der Waals surface area contributed by atoms with E-state index in [0.717, 1.165) is 16.7 Å². The van der Waals surface area contributed by atoms with Crippen molar-refractivity contribution in [1.82, 2.24) is 4.90 Å². The number of rotatable bonds is 5. The number of benzene rings is 2. The Kier molecular flexibility index (Phi) is 6.23. The summed E-state index contributed by atoms with van der Waals surface area (Å²) in [6, 6.07) is 11.5. The molecule has 138 valence electrons. The largest absolute Gasteiger partial charge is 0.335 e. The Bertz CT molecular complexity index is 938. The summed E-state index contributed by atoms with van der Waals surface area (Å²) >= 11 is 6.09. The molecule has 1 amide bonds. The summed E-state index contributed by atoms with van der Waals surface area (Å²) in [5.74, 6) is -0.176. The van der Waals surface area contributed by atoms with Crippen molar-refractivity contribution < 1.29 is 13.2 Å². The Balaban J connectivity index is 2.11. The van der Waals surface area contributed by atoms with Gasteiger partial charge in [-0.2, -0.15) is 0 Å². The molecule has 1 atom stereocenters. The number of primary sulfonamides is 1. The summed E-state index contributed by atoms with van der Waals surface area (Å²) in [4.78, 5) is 14.0. The van der Waals surface area contributed by atoms with Gasteiger partial charge >= 0.3 is 0 Å². The van der Waals surface area contributed by atoms with Gasteiger partial charge in [0.1, 0.15) is 0 Å². The summed E-state index contributed by atoms with van der Waals surface area (Å²) < 4.78 is 22.6. The predicted octanol–water partition coefficient (Wildman–Crippen LogP) is 3.53. The standard InChI is InChI=1S/C19H21ClN2O3S/c1-13-4-5-15(12-18(13)20)6-11-19(23)22(3)14(2)16-7-9-17(10-8-16)26(21,24)25/h4-12,14H,1-3H3,(H2,21,24,25)/b11-6-/t14-/m0/s1. The fraction of sp³-hybridized carbons (Fsp3) is 0.211. The number of amides is 1. The second-order valence-corrected chi connectivity index (χ2v) is 8.05. The first-order valence-corrected chi connectivity index (χ1v) is 9.86. The van der Waals surface area contributed by atoms with E-state index in [1.165, 1.54) is 18.2 Å². The summed E-state index contributed by atoms with van der Waals surface area (Å²) in [5, 5.41) is 5.74. The number of carbonyl (C=O) groups excluding carboxylic acids is 1. The van der Waals surface area contributed by atoms with Gasteiger partial charge in [0.25, 0.3) is 0 Å². The molecule has 26 heavy (non-hydrogen) atoms. The lowest BCUT2D eigenvalue weighted by Gasteiger charge is -2.24. The first-order valence-electron chi connectivity index (χ1n) is 7.93. The van der Waals surface area contributed by atoms with Crippen molar-refractivity contribution in [2.75, 3.05) is 7.05 Å². The molecule has 0 spiro atoms. The number of sulfonamides is 1. The van der Waals surface area contributed by atoms with E-state index in [1.54, 1.807) is 36.2 Å². The Morgan fingerprint density at radius 3 is 2.35 bits per heavy atom. The van der Waals surface area contributed by atoms with Crippen LogP contribution in [0.25, 0.3) is 6.08 Å². The molecular formula is C19H21ClN2O3S. The topological polar surface area (TPSA) is 80.5 Å². The maximum Gasteiger partial charge on any atom is 0.246 e. The van der Waals surface area contributed by atoms with Gasteiger partial charge in [-0.05, 0) is 54.8 Å². The van der Waals surface area contributed by atoms with Crippen LogP contribution in [0.15, 0.2) is 53.4 Å². The summed E-state index contributed by atoms with van der Waals surface area (Å²) in [5.41, 5.74) is 2.62. The van der Waals surface area contributed by atoms with Crippen LogP contribution < -0.4 is 5.14 Å². The highest BCUT2D eigenvalue weighted by Crippen LogP contribution is 2.21. The predicted molar refractivity (Wildman–Crippen MR) is 104 cm³/mol. The number of halogens is 1. The molecule has 2 N–H and O–H groups in total. The van der Waals surface area contributed by atoms with E-state index in [4.69, 9.17) is 16.7 Å². The number of nitrogens with zero attached hydrogens (tertiary/aromatic N) is 1. The second-order valence-electron chi connectivity index (χ2n) is 6.08. The Labute approximate surface area is 159 Å². The van der Waals surface area contributed by atoms with E-state index in [0.29, 0.717) is 5.02 Å². The average Bonchev–Trinajstić information content (AvgIpc) is 2.60. The van der Waals surface area contributed by atoms with Gasteiger partial charge < -0.3 is 4.90 Å². The van der Waals surface area contributed by atoms with Crippen molar-refractivity contribution in [2.45, 2.75) is 24.8 Å². The smallest absolute Gasteiger partial charge is 0.246 e. The Morgan fingerprint density at radius 2 is 1.81 bits per heavy atom. The van der Waals surface area contributed by atoms with Crippen molar-refractivity contribution >= 4 is 33.6 Å². The van der Waals surface area contributed by atoms with E-state index in [-0.39, 0.29) is 16.8 Å². The van der Waals surface area contributed by atoms with E-state index in [1.807, 2.05) is 26.0 Å². The highest BCUT2D eigenvalue weighted by Gasteiger charge is 2.16. The van der Waals surface area contributed by atoms with Gasteiger partial charge in [-0.3, -0.25) is 4.79 Å². The minimum atomic E-state index is -3.73. The van der Waals surface area contributed by atoms with E-state index >= 15 is 0 Å². The fourth-order valence-electron chi connectivity index (χ4n) is 2.35. The molecule has 0 unspecified atom stereocenters. The number of hydrogen-bond donors (Lipinski definition) is 1. The first-order chi connectivity index (χ1) is 12.1. The van der Waals surface area contributed by atoms with E-state index in [2.05, 4.69) is 0 Å². The lowest BCUT2D eigenvalue weighted by Crippen LogP contribution is -2.28. The lowest BCUT2D eigenvalue weighted by molar-refractivity contribution is -0.126. The minimum absolute atomic E-state index is 0.0403. The third-order valence-electron chi connectivity index (χ3n) is 4.23. The molecule has 2 aromatic rings. The molecule has 0 radical (unpaired) electrons. The van der Waals surface area contributed by atoms with Crippen molar-refractivity contribution in [2.24, 2.45) is 5.14 Å². The van der Waals surface area contributed by atoms with Crippen LogP contribution in [-0.2, 0) is 14.8 Å². The monoisotopic (exact) mass is 392 g/mol. The molecule has 0 bridgehead atoms. The minimum Gasteiger partial charge on any atom is -0.335 e. The van der Waals surface area contributed by atoms with Gasteiger partial charge in [0.2, 0.25) is 15.9 Å². The highest BCUT2D eigenvalue weighted by molar-refractivity contribution is 7.89. The van der Waals surface area contributed by atoms with E-state index < -0.39 is 10.0 Å². The molecule has 0 saturated heterocycles. The van der Waals surface area contributed by atoms with Crippen molar-refractivity contribution in [3.8, 4) is 0 Å². The van der Waals surface area contributed by atoms with Gasteiger partial charge in [0.05, 0.1) is 10.9 Å². The van der Waals surface area contributed by atoms with Crippen LogP contribution in [0.2, 0.25) is 5.02 Å². The van der Waals surface area contributed by atoms with Crippen molar-refractivity contribution in [3.05, 3.63) is 70.3 Å². The zero-order valence-electron chi connectivity index (χ0n) is 14.8. The number of nitrogens with two attached hydrogens (primary N) is 1. The highest BCUT2D eigenvalue weighted by atomic mass is 35.5. The third-order valence-corrected chi connectivity index (χ3v) is 5.57. The van der Waals surface area contributed by atoms with Crippen LogP contribution in [0.4, 0.5) is 0 Å². The molecule has 0 aliphatic carbocycles. The Hall–Kier alpha value is -2.15. The molecule has 0 aromatic heterocycles. The van der Waals surface area contributed by atoms with Gasteiger partial charge in [-0.1, -0.05) is 35.9 Å². The SMILES string of the molecule is Cc1ccc(/C=C\C(=O)N(C)[C@@H](C)c2ccc(S(N)(=O)=O)cc2)cc1Cl. The third kappa shape index (κ3) is 4.94. The molecule has 7 heteroatoms. The van der Waals surface area contributed by atoms with Crippen molar-refractivity contribution in [1.29, 1.82) is 0 Å². The molecule has 0 saturated carbocycles. The average molecular weight is 393 g/mol. The van der Waals surface area contributed by atoms with Gasteiger partial charge in [-0.25, -0.2) is 13.6 Å². The van der Waals surface area contributed by atoms with Gasteiger partial charge in [-0.15, -0.1) is 0 Å². The summed E-state index contributed by atoms with van der Waals surface area (Å²) in [7, 11) is -2.04. The summed E-state index contributed by atoms with van der Waals surface area (Å²) in [6.07, 6.45) is 3.19. The molecule has 0 fully saturated rings. The Morgan fingerprint density at radius 1 is 1.19 bits per heavy atom. The normalized spacial score (nSPS) is 13.0. The summed E-state index contributed by atoms with van der Waals surface area (Å²) in [6.45, 7) is 3.78. The van der Waals surface area contributed by atoms with Crippen molar-refractivity contribution in [3.63, 3.8) is 0 Å². The van der Waals surface area contributed by atoms with Crippen LogP contribution in [0.3, 0.4) is 0 Å². The lowest BCUT2D eigenvalue weighted by atomic mass is 10.1. The number of carbonyl (C=O) groups is 1. The second kappa shape index (κ2) is 8.03. The van der Waals surface area contributed by atoms with E-state index in [9.17, 15) is 13.2 Å². The molecule has 0 aliphatic heterocycles. The molecule has 5 nitrogen and oxygen atoms in total. The molecule has 0 aliphatic rings. The van der Waals surface area contributed by atoms with Gasteiger partial charge in [0, 0.05) is 18.1 Å². The van der Waals surface area contributed by atoms with Crippen LogP contribution in [-0.4, -0.2) is 26.3 Å². The molecule has 0 heterocycles. The number of hydrogen-bond acceptors (Lipinski definition) is 3. The molecule has 2 aromatic carbocycles. The zero-order chi connectivity index (χ0) is 19.5.